The molecule has 1 amide bonds. The molecule has 0 saturated carbocycles. The van der Waals surface area contributed by atoms with Gasteiger partial charge in [-0.2, -0.15) is 0 Å². The minimum atomic E-state index is -3.39. The molecule has 1 aromatic carbocycles. The van der Waals surface area contributed by atoms with Crippen LogP contribution >= 0.6 is 12.6 Å². The lowest BCUT2D eigenvalue weighted by atomic mass is 10.3. The molecule has 0 aliphatic carbocycles. The van der Waals surface area contributed by atoms with Crippen LogP contribution in [0.1, 0.15) is 0 Å². The summed E-state index contributed by atoms with van der Waals surface area (Å²) >= 11 is 3.48. The summed E-state index contributed by atoms with van der Waals surface area (Å²) in [6.07, 6.45) is 0. The van der Waals surface area contributed by atoms with Gasteiger partial charge in [-0.1, -0.05) is 12.6 Å². The molecule has 0 spiro atoms. The molecule has 0 radical (unpaired) electrons. The molecule has 1 aromatic rings. The second-order valence-corrected chi connectivity index (χ2v) is 5.74. The van der Waals surface area contributed by atoms with Crippen molar-refractivity contribution in [1.29, 1.82) is 0 Å². The number of methoxy groups -OCH3 is 1. The summed E-state index contributed by atoms with van der Waals surface area (Å²) in [6.45, 7) is 0.0384. The molecule has 0 heterocycles. The second kappa shape index (κ2) is 5.92. The highest BCUT2D eigenvalue weighted by atomic mass is 32.2. The van der Waals surface area contributed by atoms with Crippen LogP contribution in [0.25, 0.3) is 0 Å². The number of rotatable bonds is 5. The summed E-state index contributed by atoms with van der Waals surface area (Å²) in [4.78, 5) is 10.7. The van der Waals surface area contributed by atoms with Gasteiger partial charge in [0.2, 0.25) is 0 Å². The van der Waals surface area contributed by atoms with E-state index in [-0.39, 0.29) is 17.2 Å². The summed E-state index contributed by atoms with van der Waals surface area (Å²) in [5.74, 6) is 0.429. The van der Waals surface area contributed by atoms with E-state index in [2.05, 4.69) is 17.9 Å². The fourth-order valence-electron chi connectivity index (χ4n) is 1.19. The van der Waals surface area contributed by atoms with E-state index in [1.807, 2.05) is 0 Å². The number of benzene rings is 1. The maximum absolute atomic E-state index is 11.8. The molecule has 1 rings (SSSR count). The van der Waals surface area contributed by atoms with Gasteiger partial charge in [0.15, 0.2) is 9.84 Å². The topological polar surface area (TPSA) is 72.5 Å². The lowest BCUT2D eigenvalue weighted by Crippen LogP contribution is -2.24. The van der Waals surface area contributed by atoms with Crippen LogP contribution < -0.4 is 10.1 Å². The van der Waals surface area contributed by atoms with Crippen LogP contribution in [0.3, 0.4) is 0 Å². The second-order valence-electron chi connectivity index (χ2n) is 3.23. The quantitative estimate of drug-likeness (QED) is 0.790. The Morgan fingerprint density at radius 2 is 1.94 bits per heavy atom. The average Bonchev–Trinajstić information content (AvgIpc) is 2.28. The molecule has 5 nitrogen and oxygen atoms in total. The predicted octanol–water partition coefficient (Wildman–Crippen LogP) is 1.11. The van der Waals surface area contributed by atoms with Crippen molar-refractivity contribution in [3.8, 4) is 5.75 Å². The van der Waals surface area contributed by atoms with Crippen molar-refractivity contribution in [1.82, 2.24) is 5.32 Å². The molecule has 0 fully saturated rings. The molecule has 0 aromatic heterocycles. The first-order valence-corrected chi connectivity index (χ1v) is 6.89. The molecule has 0 saturated heterocycles. The molecule has 7 heteroatoms. The molecule has 0 atom stereocenters. The Balaban J connectivity index is 2.72. The molecular formula is C10H13NO4S2. The van der Waals surface area contributed by atoms with Gasteiger partial charge >= 0.3 is 0 Å². The smallest absolute Gasteiger partial charge is 0.276 e. The summed E-state index contributed by atoms with van der Waals surface area (Å²) < 4.78 is 28.5. The first-order chi connectivity index (χ1) is 7.95. The van der Waals surface area contributed by atoms with Crippen molar-refractivity contribution in [2.45, 2.75) is 4.90 Å². The number of hydrogen-bond donors (Lipinski definition) is 2. The Bertz CT molecular complexity index is 482. The van der Waals surface area contributed by atoms with Crippen LogP contribution in [0.5, 0.6) is 5.75 Å². The molecule has 17 heavy (non-hydrogen) atoms. The summed E-state index contributed by atoms with van der Waals surface area (Å²) in [5, 5.41) is 1.77. The fourth-order valence-corrected chi connectivity index (χ4v) is 2.46. The molecule has 94 valence electrons. The van der Waals surface area contributed by atoms with Crippen molar-refractivity contribution < 1.29 is 17.9 Å². The normalized spacial score (nSPS) is 10.9. The van der Waals surface area contributed by atoms with E-state index in [9.17, 15) is 13.2 Å². The van der Waals surface area contributed by atoms with E-state index < -0.39 is 15.1 Å². The molecule has 0 aliphatic rings. The lowest BCUT2D eigenvalue weighted by Gasteiger charge is -2.05. The van der Waals surface area contributed by atoms with Crippen LogP contribution in [0.4, 0.5) is 4.79 Å². The SMILES string of the molecule is COc1ccc(S(=O)(=O)CCNC(=O)S)cc1. The van der Waals surface area contributed by atoms with Gasteiger partial charge in [0.25, 0.3) is 5.24 Å². The summed E-state index contributed by atoms with van der Waals surface area (Å²) in [7, 11) is -1.88. The van der Waals surface area contributed by atoms with Crippen molar-refractivity contribution in [2.75, 3.05) is 19.4 Å². The van der Waals surface area contributed by atoms with Gasteiger partial charge in [-0.15, -0.1) is 0 Å². The van der Waals surface area contributed by atoms with Crippen molar-refractivity contribution in [3.05, 3.63) is 24.3 Å². The number of carbonyl (C=O) groups is 1. The molecule has 0 unspecified atom stereocenters. The molecule has 0 aliphatic heterocycles. The van der Waals surface area contributed by atoms with Crippen molar-refractivity contribution in [3.63, 3.8) is 0 Å². The third-order valence-corrected chi connectivity index (χ3v) is 3.96. The van der Waals surface area contributed by atoms with E-state index in [4.69, 9.17) is 4.74 Å². The maximum Gasteiger partial charge on any atom is 0.276 e. The molecule has 0 bridgehead atoms. The maximum atomic E-state index is 11.8. The van der Waals surface area contributed by atoms with E-state index in [1.54, 1.807) is 12.1 Å². The standard InChI is InChI=1S/C10H13NO4S2/c1-15-8-2-4-9(5-3-8)17(13,14)7-6-11-10(12)16/h2-5H,6-7H2,1H3,(H2,11,12,16). The Labute approximate surface area is 105 Å². The number of carbonyl (C=O) groups excluding carboxylic acids is 1. The predicted molar refractivity (Wildman–Crippen MR) is 67.4 cm³/mol. The number of amides is 1. The third kappa shape index (κ3) is 4.27. The van der Waals surface area contributed by atoms with Gasteiger partial charge in [-0.05, 0) is 24.3 Å². The summed E-state index contributed by atoms with van der Waals surface area (Å²) in [6, 6.07) is 6.08. The molecular weight excluding hydrogens is 262 g/mol. The van der Waals surface area contributed by atoms with Gasteiger partial charge < -0.3 is 10.1 Å². The molecule has 1 N–H and O–H groups in total. The fraction of sp³-hybridized carbons (Fsp3) is 0.300. The van der Waals surface area contributed by atoms with Crippen LogP contribution in [0.2, 0.25) is 0 Å². The van der Waals surface area contributed by atoms with Gasteiger partial charge in [0.1, 0.15) is 5.75 Å². The average molecular weight is 275 g/mol. The third-order valence-electron chi connectivity index (χ3n) is 2.07. The van der Waals surface area contributed by atoms with Gasteiger partial charge in [0.05, 0.1) is 17.8 Å². The minimum Gasteiger partial charge on any atom is -0.497 e. The van der Waals surface area contributed by atoms with Crippen molar-refractivity contribution in [2.24, 2.45) is 0 Å². The van der Waals surface area contributed by atoms with Gasteiger partial charge in [0, 0.05) is 6.54 Å². The van der Waals surface area contributed by atoms with E-state index in [0.29, 0.717) is 5.75 Å². The zero-order valence-electron chi connectivity index (χ0n) is 9.21. The Morgan fingerprint density at radius 1 is 1.35 bits per heavy atom. The first kappa shape index (κ1) is 13.9. The van der Waals surface area contributed by atoms with Crippen LogP contribution in [-0.4, -0.2) is 33.1 Å². The highest BCUT2D eigenvalue weighted by Crippen LogP contribution is 2.16. The van der Waals surface area contributed by atoms with E-state index in [1.165, 1.54) is 19.2 Å². The van der Waals surface area contributed by atoms with E-state index >= 15 is 0 Å². The van der Waals surface area contributed by atoms with Gasteiger partial charge in [-0.25, -0.2) is 8.42 Å². The number of sulfone groups is 1. The highest BCUT2D eigenvalue weighted by Gasteiger charge is 2.14. The zero-order chi connectivity index (χ0) is 12.9. The van der Waals surface area contributed by atoms with Crippen LogP contribution in [0, 0.1) is 0 Å². The lowest BCUT2D eigenvalue weighted by molar-refractivity contribution is 0.261. The van der Waals surface area contributed by atoms with Crippen molar-refractivity contribution >= 4 is 27.7 Å². The van der Waals surface area contributed by atoms with Crippen LogP contribution in [0.15, 0.2) is 29.2 Å². The largest absolute Gasteiger partial charge is 0.497 e. The minimum absolute atomic E-state index is 0.0384. The monoisotopic (exact) mass is 275 g/mol. The Hall–Kier alpha value is -1.21. The highest BCUT2D eigenvalue weighted by molar-refractivity contribution is 7.96. The summed E-state index contributed by atoms with van der Waals surface area (Å²) in [5.41, 5.74) is 0. The number of hydrogen-bond acceptors (Lipinski definition) is 4. The number of ether oxygens (including phenoxy) is 1. The Kier molecular flexibility index (Phi) is 4.83. The first-order valence-electron chi connectivity index (χ1n) is 4.79. The van der Waals surface area contributed by atoms with Crippen LogP contribution in [-0.2, 0) is 9.84 Å². The number of nitrogens with one attached hydrogen (secondary N) is 1. The van der Waals surface area contributed by atoms with E-state index in [0.717, 1.165) is 0 Å². The zero-order valence-corrected chi connectivity index (χ0v) is 10.9. The van der Waals surface area contributed by atoms with Gasteiger partial charge in [-0.3, -0.25) is 4.79 Å². The number of thiol groups is 1. The Morgan fingerprint density at radius 3 is 2.41 bits per heavy atom.